The maximum absolute atomic E-state index is 14.2. The molecule has 2 heterocycles. The van der Waals surface area contributed by atoms with Crippen molar-refractivity contribution in [3.63, 3.8) is 0 Å². The van der Waals surface area contributed by atoms with Crippen LogP contribution in [0, 0.1) is 6.92 Å². The summed E-state index contributed by atoms with van der Waals surface area (Å²) in [6.07, 6.45) is 4.26. The van der Waals surface area contributed by atoms with Crippen molar-refractivity contribution in [3.8, 4) is 11.3 Å². The number of nitrogens with one attached hydrogen (secondary N) is 1. The number of aryl methyl sites for hydroxylation is 1. The minimum atomic E-state index is -1.06. The molecule has 0 spiro atoms. The van der Waals surface area contributed by atoms with Gasteiger partial charge in [-0.05, 0) is 63.2 Å². The molecule has 4 aromatic rings. The second-order valence-corrected chi connectivity index (χ2v) is 10.0. The molecule has 36 heavy (non-hydrogen) atoms. The molecule has 0 radical (unpaired) electrons. The lowest BCUT2D eigenvalue weighted by Crippen LogP contribution is -2.34. The number of hydrogen-bond acceptors (Lipinski definition) is 5. The predicted octanol–water partition coefficient (Wildman–Crippen LogP) is 6.81. The molecule has 2 aromatic carbocycles. The Morgan fingerprint density at radius 2 is 1.83 bits per heavy atom. The summed E-state index contributed by atoms with van der Waals surface area (Å²) in [5, 5.41) is 18.0. The average molecular weight is 547 g/mol. The molecule has 0 fully saturated rings. The Balaban J connectivity index is 2.00. The van der Waals surface area contributed by atoms with Gasteiger partial charge in [-0.2, -0.15) is 0 Å². The van der Waals surface area contributed by atoms with Gasteiger partial charge in [0.05, 0.1) is 21.1 Å². The molecule has 0 aliphatic rings. The Bertz CT molecular complexity index is 1530. The number of carbonyl (C=O) groups is 2. The van der Waals surface area contributed by atoms with Gasteiger partial charge >= 0.3 is 5.97 Å². The maximum atomic E-state index is 14.2. The first-order valence-electron chi connectivity index (χ1n) is 10.9. The monoisotopic (exact) mass is 545 g/mol. The molecule has 2 N–H and O–H groups in total. The van der Waals surface area contributed by atoms with Crippen molar-refractivity contribution in [2.24, 2.45) is 0 Å². The molecule has 0 aliphatic carbocycles. The van der Waals surface area contributed by atoms with E-state index in [9.17, 15) is 9.59 Å². The predicted molar refractivity (Wildman–Crippen MR) is 142 cm³/mol. The average Bonchev–Trinajstić information content (AvgIpc) is 3.39. The number of benzene rings is 2. The van der Waals surface area contributed by atoms with Gasteiger partial charge in [-0.1, -0.05) is 52.1 Å². The quantitative estimate of drug-likeness (QED) is 0.258. The number of carboxylic acids is 1. The molecule has 0 bridgehead atoms. The molecular formula is C26H22Cl3N3O4. The summed E-state index contributed by atoms with van der Waals surface area (Å²) in [5.74, 6) is -1.18. The summed E-state index contributed by atoms with van der Waals surface area (Å²) >= 11 is 19.1. The van der Waals surface area contributed by atoms with Crippen LogP contribution in [0.4, 0.5) is 0 Å². The molecule has 0 atom stereocenters. The first-order valence-corrected chi connectivity index (χ1v) is 12.0. The molecule has 7 nitrogen and oxygen atoms in total. The van der Waals surface area contributed by atoms with Gasteiger partial charge in [-0.25, -0.2) is 4.79 Å². The van der Waals surface area contributed by atoms with Crippen molar-refractivity contribution in [2.45, 2.75) is 26.3 Å². The molecule has 0 unspecified atom stereocenters. The van der Waals surface area contributed by atoms with Crippen LogP contribution in [0.15, 0.2) is 47.1 Å². The minimum Gasteiger partial charge on any atom is -0.478 e. The summed E-state index contributed by atoms with van der Waals surface area (Å²) in [7, 11) is 1.75. The number of halogens is 3. The summed E-state index contributed by atoms with van der Waals surface area (Å²) in [6, 6.07) is 8.37. The SMILES string of the molecule is CNC(C)(C)c1onc(-c2c(Cl)cc(Cl)cc2Cl)c1C(=O)n1cc(C)c2c(/C=C/C(=O)O)cccc21. The largest absolute Gasteiger partial charge is 0.478 e. The third kappa shape index (κ3) is 4.55. The van der Waals surface area contributed by atoms with Gasteiger partial charge in [0, 0.05) is 28.2 Å². The molecule has 0 aliphatic heterocycles. The van der Waals surface area contributed by atoms with E-state index in [2.05, 4.69) is 10.5 Å². The van der Waals surface area contributed by atoms with Gasteiger partial charge in [-0.3, -0.25) is 9.36 Å². The second-order valence-electron chi connectivity index (χ2n) is 8.75. The molecule has 186 valence electrons. The normalized spacial score (nSPS) is 12.1. The Kier molecular flexibility index (Phi) is 7.03. The van der Waals surface area contributed by atoms with Gasteiger partial charge in [0.25, 0.3) is 5.91 Å². The number of aliphatic carboxylic acids is 1. The Morgan fingerprint density at radius 1 is 1.17 bits per heavy atom. The lowest BCUT2D eigenvalue weighted by Gasteiger charge is -2.22. The topological polar surface area (TPSA) is 97.4 Å². The Morgan fingerprint density at radius 3 is 2.44 bits per heavy atom. The summed E-state index contributed by atoms with van der Waals surface area (Å²) in [4.78, 5) is 25.3. The number of carbonyl (C=O) groups excluding carboxylic acids is 1. The van der Waals surface area contributed by atoms with E-state index in [1.54, 1.807) is 31.4 Å². The van der Waals surface area contributed by atoms with Gasteiger partial charge in [0.1, 0.15) is 11.3 Å². The lowest BCUT2D eigenvalue weighted by atomic mass is 9.94. The third-order valence-corrected chi connectivity index (χ3v) is 6.83. The van der Waals surface area contributed by atoms with E-state index in [0.717, 1.165) is 17.0 Å². The fourth-order valence-corrected chi connectivity index (χ4v) is 5.07. The van der Waals surface area contributed by atoms with Crippen LogP contribution in [0.3, 0.4) is 0 Å². The van der Waals surface area contributed by atoms with Crippen molar-refractivity contribution in [3.05, 3.63) is 80.1 Å². The van der Waals surface area contributed by atoms with E-state index < -0.39 is 17.4 Å². The Labute approximate surface area is 222 Å². The minimum absolute atomic E-state index is 0.184. The van der Waals surface area contributed by atoms with E-state index in [4.69, 9.17) is 44.4 Å². The van der Waals surface area contributed by atoms with E-state index in [1.807, 2.05) is 20.8 Å². The van der Waals surface area contributed by atoms with Crippen LogP contribution in [-0.2, 0) is 10.3 Å². The maximum Gasteiger partial charge on any atom is 0.328 e. The van der Waals surface area contributed by atoms with Crippen molar-refractivity contribution in [2.75, 3.05) is 7.05 Å². The van der Waals surface area contributed by atoms with Crippen molar-refractivity contribution >= 4 is 63.7 Å². The fourth-order valence-electron chi connectivity index (χ4n) is 4.07. The van der Waals surface area contributed by atoms with E-state index in [1.165, 1.54) is 22.8 Å². The standard InChI is InChI=1S/C26H22Cl3N3O4/c1-13-12-32(18-7-5-6-14(20(13)18)8-9-19(33)34)25(35)22-23(31-36-24(22)26(2,3)30-4)21-16(28)10-15(27)11-17(21)29/h5-12,30H,1-4H3,(H,33,34)/b9-8+. The van der Waals surface area contributed by atoms with Gasteiger partial charge < -0.3 is 14.9 Å². The molecular weight excluding hydrogens is 525 g/mol. The van der Waals surface area contributed by atoms with Crippen LogP contribution >= 0.6 is 34.8 Å². The van der Waals surface area contributed by atoms with Crippen molar-refractivity contribution in [1.82, 2.24) is 15.0 Å². The number of rotatable bonds is 6. The van der Waals surface area contributed by atoms with Crippen LogP contribution in [0.5, 0.6) is 0 Å². The molecule has 0 amide bonds. The van der Waals surface area contributed by atoms with Crippen molar-refractivity contribution in [1.29, 1.82) is 0 Å². The number of hydrogen-bond donors (Lipinski definition) is 2. The third-order valence-electron chi connectivity index (χ3n) is 6.02. The number of aromatic nitrogens is 2. The van der Waals surface area contributed by atoms with Gasteiger partial charge in [0.15, 0.2) is 5.76 Å². The lowest BCUT2D eigenvalue weighted by molar-refractivity contribution is -0.131. The zero-order valence-electron chi connectivity index (χ0n) is 19.8. The van der Waals surface area contributed by atoms with Crippen LogP contribution in [0.25, 0.3) is 28.2 Å². The second kappa shape index (κ2) is 9.75. The van der Waals surface area contributed by atoms with Crippen LogP contribution in [0.2, 0.25) is 15.1 Å². The highest BCUT2D eigenvalue weighted by Crippen LogP contribution is 2.41. The van der Waals surface area contributed by atoms with E-state index in [0.29, 0.717) is 27.4 Å². The zero-order valence-corrected chi connectivity index (χ0v) is 22.1. The van der Waals surface area contributed by atoms with Crippen LogP contribution < -0.4 is 5.32 Å². The molecule has 4 rings (SSSR count). The summed E-state index contributed by atoms with van der Waals surface area (Å²) in [5.41, 5.74) is 1.98. The molecule has 0 saturated carbocycles. The van der Waals surface area contributed by atoms with Crippen LogP contribution in [0.1, 0.15) is 41.1 Å². The first kappa shape index (κ1) is 26.0. The fraction of sp³-hybridized carbons (Fsp3) is 0.192. The highest BCUT2D eigenvalue weighted by atomic mass is 35.5. The number of carboxylic acid groups (broad SMARTS) is 1. The molecule has 10 heteroatoms. The van der Waals surface area contributed by atoms with Gasteiger partial charge in [0.2, 0.25) is 0 Å². The first-order chi connectivity index (χ1) is 17.0. The highest BCUT2D eigenvalue weighted by Gasteiger charge is 2.36. The highest BCUT2D eigenvalue weighted by molar-refractivity contribution is 6.42. The van der Waals surface area contributed by atoms with E-state index >= 15 is 0 Å². The van der Waals surface area contributed by atoms with Crippen molar-refractivity contribution < 1.29 is 19.2 Å². The summed E-state index contributed by atoms with van der Waals surface area (Å²) < 4.78 is 7.21. The summed E-state index contributed by atoms with van der Waals surface area (Å²) in [6.45, 7) is 5.56. The number of fused-ring (bicyclic) bond motifs is 1. The van der Waals surface area contributed by atoms with Gasteiger partial charge in [-0.15, -0.1) is 0 Å². The molecule has 2 aromatic heterocycles. The van der Waals surface area contributed by atoms with Crippen LogP contribution in [-0.4, -0.2) is 33.8 Å². The Hall–Kier alpha value is -3.10. The smallest absolute Gasteiger partial charge is 0.328 e. The molecule has 0 saturated heterocycles. The number of nitrogens with zero attached hydrogens (tertiary/aromatic N) is 2. The zero-order chi connectivity index (χ0) is 26.4. The van der Waals surface area contributed by atoms with E-state index in [-0.39, 0.29) is 21.3 Å².